The van der Waals surface area contributed by atoms with Gasteiger partial charge in [-0.15, -0.1) is 0 Å². The summed E-state index contributed by atoms with van der Waals surface area (Å²) in [7, 11) is 0. The van der Waals surface area contributed by atoms with Crippen LogP contribution in [0.4, 0.5) is 0 Å². The van der Waals surface area contributed by atoms with Crippen molar-refractivity contribution in [1.29, 1.82) is 5.41 Å². The maximum Gasteiger partial charge on any atom is 0.338 e. The molecule has 1 saturated heterocycles. The van der Waals surface area contributed by atoms with Crippen LogP contribution in [0.2, 0.25) is 0 Å². The SMILES string of the molecule is CC(=N)OC1OC(C(=O)OCc2ccccc2)C(OCc2ccccc2)C(OCc2ccccc2)C1OCc1ccccc1. The van der Waals surface area contributed by atoms with Crippen LogP contribution in [0.25, 0.3) is 0 Å². The van der Waals surface area contributed by atoms with Crippen LogP contribution < -0.4 is 0 Å². The van der Waals surface area contributed by atoms with Crippen LogP contribution in [-0.2, 0) is 59.6 Å². The molecule has 228 valence electrons. The summed E-state index contributed by atoms with van der Waals surface area (Å²) in [6.07, 6.45) is -4.95. The van der Waals surface area contributed by atoms with Gasteiger partial charge in [-0.05, 0) is 22.3 Å². The second-order valence-electron chi connectivity index (χ2n) is 10.5. The summed E-state index contributed by atoms with van der Waals surface area (Å²) < 4.78 is 37.2. The van der Waals surface area contributed by atoms with E-state index in [1.165, 1.54) is 6.92 Å². The molecule has 8 nitrogen and oxygen atoms in total. The van der Waals surface area contributed by atoms with Crippen molar-refractivity contribution in [1.82, 2.24) is 0 Å². The standard InChI is InChI=1S/C36H37NO7/c1-26(37)43-36-34(41-24-29-18-10-4-11-19-29)32(40-23-28-16-8-3-9-17-28)31(39-22-27-14-6-2-7-15-27)33(44-36)35(38)42-25-30-20-12-5-13-21-30/h2-21,31-34,36-37H,22-25H2,1H3. The molecule has 1 heterocycles. The van der Waals surface area contributed by atoms with Gasteiger partial charge < -0.3 is 28.4 Å². The Hall–Kier alpha value is -4.34. The number of benzene rings is 4. The number of esters is 1. The highest BCUT2D eigenvalue weighted by atomic mass is 16.7. The Morgan fingerprint density at radius 3 is 1.41 bits per heavy atom. The number of carbonyl (C=O) groups excluding carboxylic acids is 1. The number of ether oxygens (including phenoxy) is 6. The van der Waals surface area contributed by atoms with E-state index in [-0.39, 0.29) is 32.3 Å². The van der Waals surface area contributed by atoms with Gasteiger partial charge in [0.25, 0.3) is 0 Å². The molecule has 1 aliphatic heterocycles. The molecule has 0 aliphatic carbocycles. The lowest BCUT2D eigenvalue weighted by Crippen LogP contribution is -2.63. The third-order valence-corrected chi connectivity index (χ3v) is 7.10. The monoisotopic (exact) mass is 595 g/mol. The molecule has 8 heteroatoms. The summed E-state index contributed by atoms with van der Waals surface area (Å²) in [6.45, 7) is 2.21. The summed E-state index contributed by atoms with van der Waals surface area (Å²) in [6, 6.07) is 38.5. The van der Waals surface area contributed by atoms with Crippen molar-refractivity contribution in [2.45, 2.75) is 64.1 Å². The second kappa shape index (κ2) is 15.9. The average Bonchev–Trinajstić information content (AvgIpc) is 3.06. The Morgan fingerprint density at radius 2 is 0.977 bits per heavy atom. The molecule has 4 aromatic carbocycles. The molecule has 5 atom stereocenters. The van der Waals surface area contributed by atoms with Gasteiger partial charge in [-0.3, -0.25) is 5.41 Å². The van der Waals surface area contributed by atoms with E-state index in [1.54, 1.807) is 0 Å². The van der Waals surface area contributed by atoms with Gasteiger partial charge in [0.1, 0.15) is 24.9 Å². The molecule has 1 fully saturated rings. The van der Waals surface area contributed by atoms with Gasteiger partial charge in [-0.2, -0.15) is 0 Å². The van der Waals surface area contributed by atoms with Gasteiger partial charge >= 0.3 is 5.97 Å². The summed E-state index contributed by atoms with van der Waals surface area (Å²) in [5.74, 6) is -0.719. The minimum atomic E-state index is -1.22. The first-order valence-corrected chi connectivity index (χ1v) is 14.6. The highest BCUT2D eigenvalue weighted by molar-refractivity contribution is 5.76. The Morgan fingerprint density at radius 1 is 0.591 bits per heavy atom. The molecule has 0 saturated carbocycles. The highest BCUT2D eigenvalue weighted by Crippen LogP contribution is 2.32. The first kappa shape index (κ1) is 31.1. The fraction of sp³-hybridized carbons (Fsp3) is 0.278. The molecule has 5 unspecified atom stereocenters. The molecule has 0 amide bonds. The Bertz CT molecular complexity index is 1440. The lowest BCUT2D eigenvalue weighted by molar-refractivity contribution is -0.305. The topological polar surface area (TPSA) is 96.3 Å². The minimum absolute atomic E-state index is 0.0591. The summed E-state index contributed by atoms with van der Waals surface area (Å²) in [5, 5.41) is 8.08. The number of hydrogen-bond acceptors (Lipinski definition) is 8. The van der Waals surface area contributed by atoms with E-state index in [4.69, 9.17) is 33.8 Å². The molecular weight excluding hydrogens is 558 g/mol. The zero-order valence-electron chi connectivity index (χ0n) is 24.6. The van der Waals surface area contributed by atoms with Crippen molar-refractivity contribution in [3.63, 3.8) is 0 Å². The second-order valence-corrected chi connectivity index (χ2v) is 10.5. The normalized spacial score (nSPS) is 21.3. The van der Waals surface area contributed by atoms with Gasteiger partial charge in [-0.1, -0.05) is 121 Å². The van der Waals surface area contributed by atoms with Crippen LogP contribution in [0.5, 0.6) is 0 Å². The lowest BCUT2D eigenvalue weighted by atomic mass is 9.97. The molecule has 0 bridgehead atoms. The Kier molecular flexibility index (Phi) is 11.3. The zero-order chi connectivity index (χ0) is 30.6. The average molecular weight is 596 g/mol. The summed E-state index contributed by atoms with van der Waals surface area (Å²) in [5.41, 5.74) is 3.63. The van der Waals surface area contributed by atoms with Crippen LogP contribution in [0.1, 0.15) is 29.2 Å². The molecular formula is C36H37NO7. The number of rotatable bonds is 13. The fourth-order valence-electron chi connectivity index (χ4n) is 4.93. The van der Waals surface area contributed by atoms with E-state index < -0.39 is 36.7 Å². The van der Waals surface area contributed by atoms with Crippen LogP contribution in [0, 0.1) is 5.41 Å². The van der Waals surface area contributed by atoms with Crippen molar-refractivity contribution in [3.05, 3.63) is 144 Å². The predicted molar refractivity (Wildman–Crippen MR) is 164 cm³/mol. The van der Waals surface area contributed by atoms with Crippen molar-refractivity contribution >= 4 is 11.9 Å². The van der Waals surface area contributed by atoms with E-state index in [0.29, 0.717) is 0 Å². The number of nitrogens with one attached hydrogen (secondary N) is 1. The predicted octanol–water partition coefficient (Wildman–Crippen LogP) is 6.22. The number of carbonyl (C=O) groups is 1. The number of hydrogen-bond donors (Lipinski definition) is 1. The van der Waals surface area contributed by atoms with Gasteiger partial charge in [0.15, 0.2) is 12.0 Å². The van der Waals surface area contributed by atoms with E-state index in [1.807, 2.05) is 121 Å². The van der Waals surface area contributed by atoms with Crippen molar-refractivity contribution < 1.29 is 33.2 Å². The highest BCUT2D eigenvalue weighted by Gasteiger charge is 2.53. The summed E-state index contributed by atoms with van der Waals surface area (Å²) in [4.78, 5) is 13.7. The van der Waals surface area contributed by atoms with Crippen molar-refractivity contribution in [2.24, 2.45) is 0 Å². The fourth-order valence-corrected chi connectivity index (χ4v) is 4.93. The van der Waals surface area contributed by atoms with Gasteiger partial charge in [0.05, 0.1) is 19.8 Å². The molecule has 1 N–H and O–H groups in total. The van der Waals surface area contributed by atoms with E-state index in [2.05, 4.69) is 0 Å². The first-order valence-electron chi connectivity index (χ1n) is 14.6. The lowest BCUT2D eigenvalue weighted by Gasteiger charge is -2.44. The molecule has 1 aliphatic rings. The zero-order valence-corrected chi connectivity index (χ0v) is 24.6. The van der Waals surface area contributed by atoms with E-state index in [0.717, 1.165) is 22.3 Å². The van der Waals surface area contributed by atoms with E-state index in [9.17, 15) is 4.79 Å². The Labute approximate surface area is 258 Å². The smallest absolute Gasteiger partial charge is 0.338 e. The summed E-state index contributed by atoms with van der Waals surface area (Å²) >= 11 is 0. The maximum atomic E-state index is 13.7. The molecule has 5 rings (SSSR count). The first-order chi connectivity index (χ1) is 21.6. The third kappa shape index (κ3) is 8.84. The van der Waals surface area contributed by atoms with Gasteiger partial charge in [0.2, 0.25) is 6.29 Å². The maximum absolute atomic E-state index is 13.7. The largest absolute Gasteiger partial charge is 0.459 e. The minimum Gasteiger partial charge on any atom is -0.459 e. The van der Waals surface area contributed by atoms with Crippen LogP contribution in [0.3, 0.4) is 0 Å². The molecule has 0 radical (unpaired) electrons. The molecule has 4 aromatic rings. The van der Waals surface area contributed by atoms with E-state index >= 15 is 0 Å². The molecule has 44 heavy (non-hydrogen) atoms. The van der Waals surface area contributed by atoms with Gasteiger partial charge in [-0.25, -0.2) is 4.79 Å². The molecule has 0 aromatic heterocycles. The third-order valence-electron chi connectivity index (χ3n) is 7.10. The Balaban J connectivity index is 1.46. The van der Waals surface area contributed by atoms with Crippen LogP contribution in [0.15, 0.2) is 121 Å². The van der Waals surface area contributed by atoms with Crippen molar-refractivity contribution in [3.8, 4) is 0 Å². The molecule has 0 spiro atoms. The quantitative estimate of drug-likeness (QED) is 0.111. The van der Waals surface area contributed by atoms with Crippen LogP contribution in [-0.4, -0.2) is 42.6 Å². The van der Waals surface area contributed by atoms with Crippen molar-refractivity contribution in [2.75, 3.05) is 0 Å². The van der Waals surface area contributed by atoms with Gasteiger partial charge in [0, 0.05) is 6.92 Å². The van der Waals surface area contributed by atoms with Crippen LogP contribution >= 0.6 is 0 Å².